The maximum absolute atomic E-state index is 13.5. The highest BCUT2D eigenvalue weighted by atomic mass is 19.4. The molecule has 1 aromatic heterocycles. The number of nitrogens with zero attached hydrogens (tertiary/aromatic N) is 2. The molecule has 0 aliphatic carbocycles. The molecule has 0 saturated heterocycles. The van der Waals surface area contributed by atoms with Gasteiger partial charge in [-0.05, 0) is 35.4 Å². The van der Waals surface area contributed by atoms with E-state index in [0.717, 1.165) is 0 Å². The summed E-state index contributed by atoms with van der Waals surface area (Å²) in [5, 5.41) is 33.1. The molecule has 1 heterocycles. The smallest absolute Gasteiger partial charge is 0.437 e. The third-order valence-corrected chi connectivity index (χ3v) is 4.80. The highest BCUT2D eigenvalue weighted by molar-refractivity contribution is 5.84. The van der Waals surface area contributed by atoms with Crippen LogP contribution in [0.5, 0.6) is 11.5 Å². The summed E-state index contributed by atoms with van der Waals surface area (Å²) in [6.07, 6.45) is -4.75. The van der Waals surface area contributed by atoms with Gasteiger partial charge in [-0.15, -0.1) is 0 Å². The van der Waals surface area contributed by atoms with Crippen molar-refractivity contribution in [1.82, 2.24) is 5.16 Å². The fourth-order valence-corrected chi connectivity index (χ4v) is 3.22. The molecular weight excluding hydrogens is 441 g/mol. The summed E-state index contributed by atoms with van der Waals surface area (Å²) in [7, 11) is 0. The van der Waals surface area contributed by atoms with E-state index in [2.05, 4.69) is 5.16 Å². The van der Waals surface area contributed by atoms with Crippen LogP contribution in [-0.2, 0) is 12.8 Å². The second kappa shape index (κ2) is 8.85. The molecule has 0 aliphatic rings. The van der Waals surface area contributed by atoms with Crippen molar-refractivity contribution in [1.29, 1.82) is 0 Å². The Morgan fingerprint density at radius 2 is 1.70 bits per heavy atom. The summed E-state index contributed by atoms with van der Waals surface area (Å²) < 4.78 is 51.2. The van der Waals surface area contributed by atoms with Crippen LogP contribution in [0.3, 0.4) is 0 Å². The Kier molecular flexibility index (Phi) is 5.95. The first-order valence-corrected chi connectivity index (χ1v) is 9.57. The Morgan fingerprint density at radius 1 is 1.00 bits per heavy atom. The van der Waals surface area contributed by atoms with Gasteiger partial charge in [-0.1, -0.05) is 47.6 Å². The number of hydrogen-bond acceptors (Lipinski definition) is 7. The number of alkyl halides is 3. The van der Waals surface area contributed by atoms with E-state index in [0.29, 0.717) is 5.56 Å². The minimum Gasteiger partial charge on any atom is -0.733 e. The first-order chi connectivity index (χ1) is 15.7. The third kappa shape index (κ3) is 4.76. The molecule has 0 fully saturated rings. The first kappa shape index (κ1) is 22.2. The van der Waals surface area contributed by atoms with Gasteiger partial charge < -0.3 is 24.8 Å². The van der Waals surface area contributed by atoms with E-state index in [9.17, 15) is 23.5 Å². The van der Waals surface area contributed by atoms with E-state index < -0.39 is 11.9 Å². The first-order valence-electron chi connectivity index (χ1n) is 9.57. The van der Waals surface area contributed by atoms with E-state index in [1.165, 1.54) is 42.5 Å². The van der Waals surface area contributed by atoms with E-state index in [4.69, 9.17) is 14.5 Å². The van der Waals surface area contributed by atoms with Crippen LogP contribution >= 0.6 is 0 Å². The number of hydrogen-bond donors (Lipinski definition) is 2. The van der Waals surface area contributed by atoms with Gasteiger partial charge in [-0.3, -0.25) is 5.21 Å². The van der Waals surface area contributed by atoms with Crippen LogP contribution in [0.4, 0.5) is 18.9 Å². The van der Waals surface area contributed by atoms with E-state index in [-0.39, 0.29) is 51.5 Å². The van der Waals surface area contributed by atoms with Crippen molar-refractivity contribution in [2.24, 2.45) is 0 Å². The molecule has 10 heteroatoms. The van der Waals surface area contributed by atoms with Crippen molar-refractivity contribution >= 4 is 5.69 Å². The van der Waals surface area contributed by atoms with Crippen LogP contribution in [0.1, 0.15) is 11.3 Å². The highest BCUT2D eigenvalue weighted by Crippen LogP contribution is 2.45. The van der Waals surface area contributed by atoms with Gasteiger partial charge in [0.1, 0.15) is 18.1 Å². The normalized spacial score (nSPS) is 11.4. The molecule has 0 radical (unpaired) electrons. The molecule has 33 heavy (non-hydrogen) atoms. The summed E-state index contributed by atoms with van der Waals surface area (Å²) in [5.74, 6) is -0.323. The van der Waals surface area contributed by atoms with Crippen LogP contribution in [0, 0.1) is 5.21 Å². The lowest BCUT2D eigenvalue weighted by Crippen LogP contribution is -2.07. The summed E-state index contributed by atoms with van der Waals surface area (Å²) in [4.78, 5) is 0. The fraction of sp³-hybridized carbons (Fsp3) is 0.0870. The van der Waals surface area contributed by atoms with Gasteiger partial charge in [0.2, 0.25) is 0 Å². The number of halogens is 3. The number of phenolic OH excluding ortho intramolecular Hbond substituents is 1. The van der Waals surface area contributed by atoms with E-state index in [1.54, 1.807) is 30.3 Å². The summed E-state index contributed by atoms with van der Waals surface area (Å²) in [5.41, 5.74) is -0.466. The summed E-state index contributed by atoms with van der Waals surface area (Å²) in [6, 6.07) is 17.9. The second-order valence-electron chi connectivity index (χ2n) is 7.01. The molecule has 3 aromatic carbocycles. The molecule has 4 rings (SSSR count). The highest BCUT2D eigenvalue weighted by Gasteiger charge is 2.40. The van der Waals surface area contributed by atoms with Gasteiger partial charge >= 0.3 is 6.18 Å². The molecule has 2 N–H and O–H groups in total. The van der Waals surface area contributed by atoms with Crippen LogP contribution in [0.25, 0.3) is 22.5 Å². The maximum atomic E-state index is 13.5. The van der Waals surface area contributed by atoms with Crippen LogP contribution in [-0.4, -0.2) is 15.5 Å². The Morgan fingerprint density at radius 3 is 2.30 bits per heavy atom. The van der Waals surface area contributed by atoms with Crippen LogP contribution < -0.4 is 9.96 Å². The van der Waals surface area contributed by atoms with Crippen molar-refractivity contribution < 1.29 is 32.7 Å². The molecular formula is C23H16F3N2O5-. The monoisotopic (exact) mass is 457 g/mol. The second-order valence-corrected chi connectivity index (χ2v) is 7.01. The molecule has 0 spiro atoms. The third-order valence-electron chi connectivity index (χ3n) is 4.80. The van der Waals surface area contributed by atoms with Crippen molar-refractivity contribution in [2.75, 3.05) is 5.23 Å². The molecule has 4 aromatic rings. The summed E-state index contributed by atoms with van der Waals surface area (Å²) in [6.45, 7) is 0.0825. The summed E-state index contributed by atoms with van der Waals surface area (Å²) >= 11 is 0. The molecule has 0 saturated carbocycles. The molecule has 0 bridgehead atoms. The zero-order chi connectivity index (χ0) is 23.6. The predicted octanol–water partition coefficient (Wildman–Crippen LogP) is 6.01. The van der Waals surface area contributed by atoms with Gasteiger partial charge in [0, 0.05) is 6.07 Å². The van der Waals surface area contributed by atoms with Crippen LogP contribution in [0.2, 0.25) is 0 Å². The number of rotatable bonds is 6. The number of ether oxygens (including phenoxy) is 1. The van der Waals surface area contributed by atoms with Gasteiger partial charge in [0.15, 0.2) is 11.5 Å². The molecule has 7 nitrogen and oxygen atoms in total. The fourth-order valence-electron chi connectivity index (χ4n) is 3.22. The molecule has 170 valence electrons. The lowest BCUT2D eigenvalue weighted by molar-refractivity contribution is -0.142. The van der Waals surface area contributed by atoms with Gasteiger partial charge in [-0.2, -0.15) is 13.2 Å². The standard InChI is InChI=1S/C23H16F3N2O5/c24-23(25,26)22-20(15-4-2-1-3-5-15)21(33-27-22)18-11-10-17(12-19(18)29)32-13-14-6-8-16(9-7-14)28(30)31/h1-12,29-30H,13H2/q-1. The Hall–Kier alpha value is -4.02. The Balaban J connectivity index is 1.61. The lowest BCUT2D eigenvalue weighted by Gasteiger charge is -2.21. The topological polar surface area (TPSA) is 102 Å². The minimum absolute atomic E-state index is 0.0204. The minimum atomic E-state index is -4.75. The zero-order valence-electron chi connectivity index (χ0n) is 16.8. The molecule has 0 atom stereocenters. The predicted molar refractivity (Wildman–Crippen MR) is 112 cm³/mol. The number of benzene rings is 3. The van der Waals surface area contributed by atoms with E-state index in [1.807, 2.05) is 0 Å². The average Bonchev–Trinajstić information content (AvgIpc) is 3.24. The Bertz CT molecular complexity index is 1240. The molecule has 0 unspecified atom stereocenters. The number of aromatic hydroxyl groups is 1. The zero-order valence-corrected chi connectivity index (χ0v) is 16.8. The van der Waals surface area contributed by atoms with Gasteiger partial charge in [-0.25, -0.2) is 0 Å². The van der Waals surface area contributed by atoms with Crippen molar-refractivity contribution in [3.63, 3.8) is 0 Å². The number of aromatic nitrogens is 1. The quantitative estimate of drug-likeness (QED) is 0.342. The maximum Gasteiger partial charge on any atom is 0.437 e. The number of anilines is 1. The molecule has 0 aliphatic heterocycles. The SMILES string of the molecule is [O-]N(O)c1ccc(COc2ccc(-c3onc(C(F)(F)F)c3-c3ccccc3)c(O)c2)cc1. The van der Waals surface area contributed by atoms with E-state index >= 15 is 0 Å². The largest absolute Gasteiger partial charge is 0.733 e. The van der Waals surface area contributed by atoms with Gasteiger partial charge in [0.05, 0.1) is 16.8 Å². The van der Waals surface area contributed by atoms with Gasteiger partial charge in [0.25, 0.3) is 0 Å². The Labute approximate surface area is 185 Å². The van der Waals surface area contributed by atoms with Crippen LogP contribution in [0.15, 0.2) is 77.3 Å². The number of phenols is 1. The molecule has 0 amide bonds. The van der Waals surface area contributed by atoms with Crippen molar-refractivity contribution in [2.45, 2.75) is 12.8 Å². The lowest BCUT2D eigenvalue weighted by atomic mass is 9.98. The van der Waals surface area contributed by atoms with Crippen molar-refractivity contribution in [3.8, 4) is 33.9 Å². The van der Waals surface area contributed by atoms with Crippen molar-refractivity contribution in [3.05, 3.63) is 89.3 Å². The average molecular weight is 457 g/mol.